The van der Waals surface area contributed by atoms with E-state index >= 15 is 0 Å². The Morgan fingerprint density at radius 1 is 1.64 bits per heavy atom. The number of hydrogen-bond donors (Lipinski definition) is 2. The number of nitrogens with zero attached hydrogens (tertiary/aromatic N) is 2. The first-order valence-corrected chi connectivity index (χ1v) is 3.18. The molecule has 0 aromatic carbocycles. The lowest BCUT2D eigenvalue weighted by Gasteiger charge is -1.96. The SMILES string of the molecule is CNc1ccc(/C=N\O)cn1. The van der Waals surface area contributed by atoms with Crippen LogP contribution in [0.4, 0.5) is 5.82 Å². The third kappa shape index (κ3) is 1.93. The normalized spacial score (nSPS) is 10.3. The third-order valence-corrected chi connectivity index (χ3v) is 1.25. The van der Waals surface area contributed by atoms with Crippen LogP contribution in [0.5, 0.6) is 0 Å². The van der Waals surface area contributed by atoms with Gasteiger partial charge in [0, 0.05) is 18.8 Å². The van der Waals surface area contributed by atoms with Crippen molar-refractivity contribution in [2.45, 2.75) is 0 Å². The molecule has 0 aliphatic heterocycles. The van der Waals surface area contributed by atoms with Crippen LogP contribution in [0, 0.1) is 0 Å². The van der Waals surface area contributed by atoms with Gasteiger partial charge in [-0.2, -0.15) is 0 Å². The van der Waals surface area contributed by atoms with E-state index in [0.717, 1.165) is 11.4 Å². The number of hydrogen-bond acceptors (Lipinski definition) is 4. The van der Waals surface area contributed by atoms with E-state index in [0.29, 0.717) is 0 Å². The van der Waals surface area contributed by atoms with Crippen LogP contribution in [0.25, 0.3) is 0 Å². The number of nitrogens with one attached hydrogen (secondary N) is 1. The number of aromatic nitrogens is 1. The molecule has 0 spiro atoms. The first kappa shape index (κ1) is 7.53. The predicted molar refractivity (Wildman–Crippen MR) is 43.2 cm³/mol. The van der Waals surface area contributed by atoms with Crippen LogP contribution in [-0.2, 0) is 0 Å². The van der Waals surface area contributed by atoms with Crippen molar-refractivity contribution in [2.24, 2.45) is 5.16 Å². The highest BCUT2D eigenvalue weighted by Gasteiger charge is 1.89. The van der Waals surface area contributed by atoms with E-state index in [-0.39, 0.29) is 0 Å². The Bertz CT molecular complexity index is 242. The van der Waals surface area contributed by atoms with Crippen LogP contribution >= 0.6 is 0 Å². The van der Waals surface area contributed by atoms with Crippen molar-refractivity contribution in [3.05, 3.63) is 23.9 Å². The van der Waals surface area contributed by atoms with Gasteiger partial charge in [0.05, 0.1) is 6.21 Å². The fraction of sp³-hybridized carbons (Fsp3) is 0.143. The molecule has 1 aromatic heterocycles. The van der Waals surface area contributed by atoms with Gasteiger partial charge < -0.3 is 10.5 Å². The second-order valence-electron chi connectivity index (χ2n) is 1.97. The van der Waals surface area contributed by atoms with E-state index in [1.54, 1.807) is 25.4 Å². The number of rotatable bonds is 2. The van der Waals surface area contributed by atoms with Crippen molar-refractivity contribution in [3.8, 4) is 0 Å². The first-order chi connectivity index (χ1) is 5.36. The summed E-state index contributed by atoms with van der Waals surface area (Å²) in [6, 6.07) is 3.61. The minimum atomic E-state index is 0.770. The van der Waals surface area contributed by atoms with Gasteiger partial charge in [0.2, 0.25) is 0 Å². The maximum Gasteiger partial charge on any atom is 0.125 e. The maximum absolute atomic E-state index is 8.17. The van der Waals surface area contributed by atoms with Gasteiger partial charge >= 0.3 is 0 Å². The second kappa shape index (κ2) is 3.55. The van der Waals surface area contributed by atoms with Crippen LogP contribution < -0.4 is 5.32 Å². The van der Waals surface area contributed by atoms with Gasteiger partial charge in [-0.25, -0.2) is 4.98 Å². The molecule has 0 radical (unpaired) electrons. The molecule has 4 heteroatoms. The van der Waals surface area contributed by atoms with Gasteiger partial charge in [-0.3, -0.25) is 0 Å². The highest BCUT2D eigenvalue weighted by Crippen LogP contribution is 2.01. The van der Waals surface area contributed by atoms with Gasteiger partial charge in [-0.05, 0) is 12.1 Å². The molecular formula is C7H9N3O. The summed E-state index contributed by atoms with van der Waals surface area (Å²) in [5, 5.41) is 13.9. The summed E-state index contributed by atoms with van der Waals surface area (Å²) < 4.78 is 0. The van der Waals surface area contributed by atoms with E-state index < -0.39 is 0 Å². The minimum absolute atomic E-state index is 0.770. The smallest absolute Gasteiger partial charge is 0.125 e. The molecule has 4 nitrogen and oxygen atoms in total. The van der Waals surface area contributed by atoms with Gasteiger partial charge in [-0.15, -0.1) is 0 Å². The quantitative estimate of drug-likeness (QED) is 0.375. The van der Waals surface area contributed by atoms with E-state index in [4.69, 9.17) is 5.21 Å². The summed E-state index contributed by atoms with van der Waals surface area (Å²) in [4.78, 5) is 4.00. The van der Waals surface area contributed by atoms with Crippen molar-refractivity contribution in [1.82, 2.24) is 4.98 Å². The van der Waals surface area contributed by atoms with Crippen LogP contribution in [-0.4, -0.2) is 23.5 Å². The Hall–Kier alpha value is -1.58. The van der Waals surface area contributed by atoms with Gasteiger partial charge in [-0.1, -0.05) is 5.16 Å². The zero-order valence-electron chi connectivity index (χ0n) is 6.15. The monoisotopic (exact) mass is 151 g/mol. The third-order valence-electron chi connectivity index (χ3n) is 1.25. The molecule has 0 unspecified atom stereocenters. The van der Waals surface area contributed by atoms with Crippen LogP contribution in [0.15, 0.2) is 23.5 Å². The maximum atomic E-state index is 8.17. The summed E-state index contributed by atoms with van der Waals surface area (Å²) in [5.41, 5.74) is 0.770. The fourth-order valence-corrected chi connectivity index (χ4v) is 0.696. The van der Waals surface area contributed by atoms with E-state index in [1.807, 2.05) is 0 Å². The molecule has 0 bridgehead atoms. The lowest BCUT2D eigenvalue weighted by molar-refractivity contribution is 0.322. The largest absolute Gasteiger partial charge is 0.411 e. The van der Waals surface area contributed by atoms with Crippen molar-refractivity contribution < 1.29 is 5.21 Å². The Morgan fingerprint density at radius 2 is 2.45 bits per heavy atom. The Kier molecular flexibility index (Phi) is 2.43. The fourth-order valence-electron chi connectivity index (χ4n) is 0.696. The number of anilines is 1. The topological polar surface area (TPSA) is 57.5 Å². The molecule has 0 atom stereocenters. The van der Waals surface area contributed by atoms with E-state index in [9.17, 15) is 0 Å². The van der Waals surface area contributed by atoms with Gasteiger partial charge in [0.25, 0.3) is 0 Å². The van der Waals surface area contributed by atoms with Crippen LogP contribution in [0.3, 0.4) is 0 Å². The molecule has 1 rings (SSSR count). The molecule has 2 N–H and O–H groups in total. The number of pyridine rings is 1. The van der Waals surface area contributed by atoms with Crippen molar-refractivity contribution >= 4 is 12.0 Å². The Labute approximate surface area is 64.6 Å². The molecule has 11 heavy (non-hydrogen) atoms. The number of oxime groups is 1. The second-order valence-corrected chi connectivity index (χ2v) is 1.97. The van der Waals surface area contributed by atoms with Gasteiger partial charge in [0.15, 0.2) is 0 Å². The Morgan fingerprint density at radius 3 is 2.91 bits per heavy atom. The van der Waals surface area contributed by atoms with E-state index in [2.05, 4.69) is 15.5 Å². The molecular weight excluding hydrogens is 142 g/mol. The highest BCUT2D eigenvalue weighted by atomic mass is 16.4. The molecule has 1 aromatic rings. The summed E-state index contributed by atoms with van der Waals surface area (Å²) in [7, 11) is 1.79. The molecule has 0 amide bonds. The minimum Gasteiger partial charge on any atom is -0.411 e. The van der Waals surface area contributed by atoms with Crippen molar-refractivity contribution in [2.75, 3.05) is 12.4 Å². The van der Waals surface area contributed by atoms with Gasteiger partial charge in [0.1, 0.15) is 5.82 Å². The molecule has 1 heterocycles. The van der Waals surface area contributed by atoms with Crippen LogP contribution in [0.2, 0.25) is 0 Å². The average Bonchev–Trinajstić information content (AvgIpc) is 2.07. The predicted octanol–water partition coefficient (Wildman–Crippen LogP) is 0.931. The molecule has 0 fully saturated rings. The molecule has 0 aliphatic rings. The average molecular weight is 151 g/mol. The standard InChI is InChI=1S/C7H9N3O/c1-8-7-3-2-6(4-9-7)5-10-11/h2-5,11H,1H3,(H,8,9)/b10-5-. The summed E-state index contributed by atoms with van der Waals surface area (Å²) in [5.74, 6) is 0.792. The zero-order chi connectivity index (χ0) is 8.10. The summed E-state index contributed by atoms with van der Waals surface area (Å²) in [6.45, 7) is 0. The molecule has 0 saturated heterocycles. The lowest BCUT2D eigenvalue weighted by Crippen LogP contribution is -1.92. The summed E-state index contributed by atoms with van der Waals surface area (Å²) in [6.07, 6.45) is 2.94. The highest BCUT2D eigenvalue weighted by molar-refractivity contribution is 5.78. The molecule has 0 aliphatic carbocycles. The van der Waals surface area contributed by atoms with Crippen LogP contribution in [0.1, 0.15) is 5.56 Å². The summed E-state index contributed by atoms with van der Waals surface area (Å²) >= 11 is 0. The molecule has 0 saturated carbocycles. The van der Waals surface area contributed by atoms with Crippen molar-refractivity contribution in [1.29, 1.82) is 0 Å². The molecule has 58 valence electrons. The Balaban J connectivity index is 2.82. The van der Waals surface area contributed by atoms with E-state index in [1.165, 1.54) is 6.21 Å². The first-order valence-electron chi connectivity index (χ1n) is 3.18. The lowest BCUT2D eigenvalue weighted by atomic mass is 10.3. The zero-order valence-corrected chi connectivity index (χ0v) is 6.15. The van der Waals surface area contributed by atoms with Crippen molar-refractivity contribution in [3.63, 3.8) is 0 Å².